The number of hydrogen-bond donors (Lipinski definition) is 2. The van der Waals surface area contributed by atoms with Gasteiger partial charge in [-0.2, -0.15) is 5.10 Å². The second kappa shape index (κ2) is 8.16. The molecule has 32 heavy (non-hydrogen) atoms. The van der Waals surface area contributed by atoms with E-state index in [9.17, 15) is 4.79 Å². The molecule has 9 nitrogen and oxygen atoms in total. The van der Waals surface area contributed by atoms with E-state index in [2.05, 4.69) is 34.6 Å². The fourth-order valence-corrected chi connectivity index (χ4v) is 4.30. The fraction of sp³-hybridized carbons (Fsp3) is 0.435. The Hall–Kier alpha value is -3.01. The molecule has 2 N–H and O–H groups in total. The van der Waals surface area contributed by atoms with Gasteiger partial charge in [0.15, 0.2) is 11.9 Å². The molecule has 1 amide bonds. The molecule has 0 unspecified atom stereocenters. The number of rotatable bonds is 5. The van der Waals surface area contributed by atoms with Gasteiger partial charge in [0.25, 0.3) is 5.91 Å². The van der Waals surface area contributed by atoms with E-state index < -0.39 is 0 Å². The summed E-state index contributed by atoms with van der Waals surface area (Å²) >= 11 is 0. The molecule has 9 heteroatoms. The number of aromatic nitrogens is 3. The Bertz CT molecular complexity index is 1150. The summed E-state index contributed by atoms with van der Waals surface area (Å²) in [4.78, 5) is 17.5. The minimum absolute atomic E-state index is 0.0296. The van der Waals surface area contributed by atoms with Crippen molar-refractivity contribution in [2.75, 3.05) is 32.1 Å². The highest BCUT2D eigenvalue weighted by molar-refractivity contribution is 6.08. The van der Waals surface area contributed by atoms with Crippen molar-refractivity contribution in [1.82, 2.24) is 19.9 Å². The van der Waals surface area contributed by atoms with E-state index in [0.717, 1.165) is 29.0 Å². The molecule has 0 radical (unpaired) electrons. The predicted molar refractivity (Wildman–Crippen MR) is 118 cm³/mol. The first-order valence-corrected chi connectivity index (χ1v) is 10.8. The lowest BCUT2D eigenvalue weighted by molar-refractivity contribution is -0.183. The van der Waals surface area contributed by atoms with Gasteiger partial charge in [0.1, 0.15) is 16.9 Å². The monoisotopic (exact) mass is 437 g/mol. The zero-order chi connectivity index (χ0) is 22.3. The van der Waals surface area contributed by atoms with Gasteiger partial charge in [0, 0.05) is 42.5 Å². The zero-order valence-corrected chi connectivity index (χ0v) is 18.4. The Morgan fingerprint density at radius 2 is 2.09 bits per heavy atom. The van der Waals surface area contributed by atoms with Crippen molar-refractivity contribution in [1.29, 1.82) is 0 Å². The van der Waals surface area contributed by atoms with Crippen molar-refractivity contribution in [3.63, 3.8) is 0 Å². The van der Waals surface area contributed by atoms with Crippen LogP contribution in [0.15, 0.2) is 36.8 Å². The number of amides is 1. The van der Waals surface area contributed by atoms with Crippen LogP contribution in [0, 0.1) is 0 Å². The molecule has 2 aliphatic rings. The van der Waals surface area contributed by atoms with Crippen LogP contribution < -0.4 is 15.4 Å². The van der Waals surface area contributed by atoms with Crippen LogP contribution in [0.5, 0.6) is 5.75 Å². The van der Waals surface area contributed by atoms with Gasteiger partial charge in [-0.1, -0.05) is 0 Å². The molecule has 0 spiro atoms. The summed E-state index contributed by atoms with van der Waals surface area (Å²) in [6.07, 6.45) is 5.44. The predicted octanol–water partition coefficient (Wildman–Crippen LogP) is 2.37. The van der Waals surface area contributed by atoms with Crippen molar-refractivity contribution >= 4 is 17.2 Å². The van der Waals surface area contributed by atoms with Crippen LogP contribution in [-0.4, -0.2) is 59.2 Å². The molecule has 0 atom stereocenters. The number of nitrogens with zero attached hydrogens (tertiary/aromatic N) is 3. The number of benzene rings is 1. The molecule has 2 aromatic heterocycles. The third-order valence-electron chi connectivity index (χ3n) is 5.78. The molecule has 3 aromatic rings. The number of nitrogens with one attached hydrogen (secondary N) is 2. The topological polar surface area (TPSA) is 99.0 Å². The lowest BCUT2D eigenvalue weighted by atomic mass is 9.94. The highest BCUT2D eigenvalue weighted by atomic mass is 16.7. The van der Waals surface area contributed by atoms with E-state index in [0.29, 0.717) is 31.0 Å². The smallest absolute Gasteiger partial charge is 0.261 e. The maximum Gasteiger partial charge on any atom is 0.261 e. The van der Waals surface area contributed by atoms with E-state index >= 15 is 0 Å². The number of carbonyl (C=O) groups excluding carboxylic acids is 1. The second-order valence-corrected chi connectivity index (χ2v) is 8.84. The van der Waals surface area contributed by atoms with Gasteiger partial charge in [0.05, 0.1) is 19.4 Å². The summed E-state index contributed by atoms with van der Waals surface area (Å²) < 4.78 is 19.5. The molecule has 1 saturated heterocycles. The van der Waals surface area contributed by atoms with Gasteiger partial charge >= 0.3 is 0 Å². The average Bonchev–Trinajstić information content (AvgIpc) is 3.33. The number of anilines is 1. The third-order valence-corrected chi connectivity index (χ3v) is 5.78. The Morgan fingerprint density at radius 1 is 1.28 bits per heavy atom. The molecule has 1 fully saturated rings. The van der Waals surface area contributed by atoms with Gasteiger partial charge in [-0.25, -0.2) is 9.50 Å². The number of carbonyl (C=O) groups is 1. The van der Waals surface area contributed by atoms with Crippen molar-refractivity contribution in [3.05, 3.63) is 53.5 Å². The third kappa shape index (κ3) is 3.94. The minimum Gasteiger partial charge on any atom is -0.487 e. The summed E-state index contributed by atoms with van der Waals surface area (Å²) in [6, 6.07) is 5.80. The van der Waals surface area contributed by atoms with Crippen LogP contribution in [0.4, 0.5) is 5.69 Å². The Kier molecular flexibility index (Phi) is 5.32. The zero-order valence-electron chi connectivity index (χ0n) is 18.4. The number of likely N-dealkylation sites (N-methyl/N-ethyl adjacent to an activating group) is 1. The van der Waals surface area contributed by atoms with E-state index in [1.54, 1.807) is 23.0 Å². The largest absolute Gasteiger partial charge is 0.487 e. The van der Waals surface area contributed by atoms with Gasteiger partial charge in [0.2, 0.25) is 0 Å². The maximum atomic E-state index is 13.2. The maximum absolute atomic E-state index is 13.2. The van der Waals surface area contributed by atoms with Crippen molar-refractivity contribution in [2.24, 2.45) is 0 Å². The Labute approximate surface area is 186 Å². The Morgan fingerprint density at radius 3 is 2.88 bits per heavy atom. The molecule has 2 aliphatic heterocycles. The molecule has 5 rings (SSSR count). The first-order chi connectivity index (χ1) is 15.4. The molecule has 1 aromatic carbocycles. The lowest BCUT2D eigenvalue weighted by Crippen LogP contribution is -2.37. The quantitative estimate of drug-likeness (QED) is 0.632. The molecule has 168 valence electrons. The molecule has 0 aliphatic carbocycles. The first-order valence-electron chi connectivity index (χ1n) is 10.8. The van der Waals surface area contributed by atoms with E-state index in [4.69, 9.17) is 14.2 Å². The van der Waals surface area contributed by atoms with Gasteiger partial charge in [-0.3, -0.25) is 4.79 Å². The van der Waals surface area contributed by atoms with Gasteiger partial charge in [-0.05, 0) is 44.7 Å². The molecule has 0 bridgehead atoms. The SMILES string of the molecule is CNC[C@H]1OC[C@H](c2cc3c(cc2NC(=O)c2cnn4cccnc24)CC(C)(C)O3)CO1. The van der Waals surface area contributed by atoms with Crippen molar-refractivity contribution in [3.8, 4) is 5.75 Å². The molecule has 4 heterocycles. The number of hydrogen-bond acceptors (Lipinski definition) is 7. The number of fused-ring (bicyclic) bond motifs is 2. The van der Waals surface area contributed by atoms with Crippen LogP contribution in [0.25, 0.3) is 5.65 Å². The van der Waals surface area contributed by atoms with E-state index in [-0.39, 0.29) is 23.7 Å². The summed E-state index contributed by atoms with van der Waals surface area (Å²) in [5.41, 5.74) is 3.37. The molecular formula is C23H27N5O4. The van der Waals surface area contributed by atoms with Crippen LogP contribution >= 0.6 is 0 Å². The summed E-state index contributed by atoms with van der Waals surface area (Å²) in [6.45, 7) is 5.74. The lowest BCUT2D eigenvalue weighted by Gasteiger charge is -2.30. The Balaban J connectivity index is 1.46. The fourth-order valence-electron chi connectivity index (χ4n) is 4.30. The van der Waals surface area contributed by atoms with Gasteiger partial charge in [-0.15, -0.1) is 0 Å². The van der Waals surface area contributed by atoms with Crippen LogP contribution in [0.1, 0.15) is 41.3 Å². The van der Waals surface area contributed by atoms with E-state index in [1.807, 2.05) is 19.2 Å². The normalized spacial score (nSPS) is 21.8. The van der Waals surface area contributed by atoms with Gasteiger partial charge < -0.3 is 24.8 Å². The van der Waals surface area contributed by atoms with Crippen molar-refractivity contribution < 1.29 is 19.0 Å². The average molecular weight is 438 g/mol. The molecular weight excluding hydrogens is 410 g/mol. The summed E-state index contributed by atoms with van der Waals surface area (Å²) in [7, 11) is 1.86. The second-order valence-electron chi connectivity index (χ2n) is 8.84. The highest BCUT2D eigenvalue weighted by Gasteiger charge is 2.33. The van der Waals surface area contributed by atoms with E-state index in [1.165, 1.54) is 6.20 Å². The summed E-state index contributed by atoms with van der Waals surface area (Å²) in [5.74, 6) is 0.555. The van der Waals surface area contributed by atoms with Crippen LogP contribution in [0.2, 0.25) is 0 Å². The van der Waals surface area contributed by atoms with Crippen molar-refractivity contribution in [2.45, 2.75) is 38.1 Å². The standard InChI is InChI=1S/C23H27N5O4/c1-23(2)9-14-7-18(27-22(29)17-10-26-28-6-4-5-25-21(17)28)16(8-19(14)32-23)15-12-30-20(11-24-3)31-13-15/h4-8,10,15,20,24H,9,11-13H2,1-3H3,(H,27,29)/t15-,20-. The minimum atomic E-state index is -0.286. The van der Waals surface area contributed by atoms with Crippen LogP contribution in [-0.2, 0) is 15.9 Å². The number of ether oxygens (including phenoxy) is 3. The summed E-state index contributed by atoms with van der Waals surface area (Å²) in [5, 5.41) is 10.4. The highest BCUT2D eigenvalue weighted by Crippen LogP contribution is 2.41. The van der Waals surface area contributed by atoms with Crippen LogP contribution in [0.3, 0.4) is 0 Å². The molecule has 0 saturated carbocycles. The first kappa shape index (κ1) is 20.9.